The first-order chi connectivity index (χ1) is 24.6. The number of nitrogens with one attached hydrogen (secondary N) is 1. The fourth-order valence-electron chi connectivity index (χ4n) is 6.73. The van der Waals surface area contributed by atoms with Crippen LogP contribution in [0.5, 0.6) is 5.75 Å². The van der Waals surface area contributed by atoms with Gasteiger partial charge in [0.15, 0.2) is 5.69 Å². The van der Waals surface area contributed by atoms with Crippen molar-refractivity contribution in [2.45, 2.75) is 38.5 Å². The van der Waals surface area contributed by atoms with E-state index in [1.165, 1.54) is 12.1 Å². The summed E-state index contributed by atoms with van der Waals surface area (Å²) in [7, 11) is -3.77. The summed E-state index contributed by atoms with van der Waals surface area (Å²) in [4.78, 5) is 11.3. The van der Waals surface area contributed by atoms with E-state index in [-0.39, 0.29) is 23.9 Å². The Bertz CT molecular complexity index is 2200. The third-order valence-electron chi connectivity index (χ3n) is 9.19. The maximum Gasteiger partial charge on any atom is 0.335 e. The first-order valence-electron chi connectivity index (χ1n) is 16.9. The Labute approximate surface area is 298 Å². The Hall–Kier alpha value is -5.26. The van der Waals surface area contributed by atoms with Gasteiger partial charge in [-0.05, 0) is 72.5 Å². The molecule has 0 unspecified atom stereocenters. The van der Waals surface area contributed by atoms with Gasteiger partial charge in [-0.25, -0.2) is 23.1 Å². The van der Waals surface area contributed by atoms with Crippen LogP contribution >= 0.6 is 0 Å². The van der Waals surface area contributed by atoms with Crippen LogP contribution in [0, 0.1) is 13.8 Å². The van der Waals surface area contributed by atoms with Gasteiger partial charge >= 0.3 is 5.97 Å². The van der Waals surface area contributed by atoms with Crippen LogP contribution in [0.3, 0.4) is 0 Å². The first-order valence-corrected chi connectivity index (χ1v) is 18.5. The SMILES string of the molecule is Cc1ccc2c(c1)c(CCOc1ccc(C(=O)O)cc1)c(CCNS(=O)(=O)Cc1c(C)cccc1[NH2+]O)n2C(c1ccccc1)c1ccccc1. The average Bonchev–Trinajstić information content (AvgIpc) is 3.41. The second kappa shape index (κ2) is 15.7. The molecule has 6 rings (SSSR count). The number of rotatable bonds is 15. The zero-order valence-electron chi connectivity index (χ0n) is 28.6. The lowest BCUT2D eigenvalue weighted by Crippen LogP contribution is -2.74. The van der Waals surface area contributed by atoms with E-state index in [4.69, 9.17) is 4.74 Å². The monoisotopic (exact) mass is 704 g/mol. The molecular formula is C41H42N3O6S+. The van der Waals surface area contributed by atoms with Crippen LogP contribution in [0.1, 0.15) is 55.5 Å². The van der Waals surface area contributed by atoms with Gasteiger partial charge in [0.05, 0.1) is 24.0 Å². The third-order valence-corrected chi connectivity index (χ3v) is 10.5. The number of nitrogens with zero attached hydrogens (tertiary/aromatic N) is 1. The van der Waals surface area contributed by atoms with E-state index in [2.05, 4.69) is 58.7 Å². The van der Waals surface area contributed by atoms with Crippen molar-refractivity contribution in [2.24, 2.45) is 0 Å². The fourth-order valence-corrected chi connectivity index (χ4v) is 8.02. The molecule has 5 N–H and O–H groups in total. The van der Waals surface area contributed by atoms with Crippen LogP contribution < -0.4 is 14.9 Å². The fraction of sp³-hybridized carbons (Fsp3) is 0.195. The molecule has 0 spiro atoms. The van der Waals surface area contributed by atoms with Crippen LogP contribution in [0.25, 0.3) is 10.9 Å². The zero-order valence-corrected chi connectivity index (χ0v) is 29.4. The summed E-state index contributed by atoms with van der Waals surface area (Å²) in [5.41, 5.74) is 9.31. The molecule has 0 aliphatic rings. The van der Waals surface area contributed by atoms with Crippen molar-refractivity contribution in [1.82, 2.24) is 9.29 Å². The number of sulfonamides is 1. The largest absolute Gasteiger partial charge is 0.493 e. The quantitative estimate of drug-likeness (QED) is 0.0716. The highest BCUT2D eigenvalue weighted by atomic mass is 32.2. The Morgan fingerprint density at radius 3 is 2.12 bits per heavy atom. The summed E-state index contributed by atoms with van der Waals surface area (Å²) in [6.07, 6.45) is 0.934. The predicted molar refractivity (Wildman–Crippen MR) is 198 cm³/mol. The standard InChI is InChI=1S/C41H41N3O6S/c1-28-16-21-38-35(26-28)34(23-25-50-33-19-17-32(18-20-33)41(45)46)39(22-24-42-51(48,49)27-36-29(2)10-9-15-37(36)43-47)44(38)40(30-11-5-3-6-12-30)31-13-7-4-8-14-31/h3-21,26,40,42-43,47H,22-25,27H2,1-2H3,(H,45,46)/p+1. The predicted octanol–water partition coefficient (Wildman–Crippen LogP) is 6.46. The molecule has 6 aromatic rings. The van der Waals surface area contributed by atoms with Crippen molar-refractivity contribution in [2.75, 3.05) is 13.2 Å². The normalized spacial score (nSPS) is 11.7. The van der Waals surface area contributed by atoms with E-state index in [0.717, 1.165) is 49.9 Å². The van der Waals surface area contributed by atoms with E-state index < -0.39 is 16.0 Å². The molecule has 0 amide bonds. The number of aromatic carboxylic acids is 1. The minimum atomic E-state index is -3.77. The summed E-state index contributed by atoms with van der Waals surface area (Å²) in [5, 5.41) is 20.1. The van der Waals surface area contributed by atoms with E-state index in [0.29, 0.717) is 36.4 Å². The summed E-state index contributed by atoms with van der Waals surface area (Å²) >= 11 is 0. The highest BCUT2D eigenvalue weighted by Crippen LogP contribution is 2.37. The van der Waals surface area contributed by atoms with Crippen molar-refractivity contribution in [3.8, 4) is 5.75 Å². The number of ether oxygens (including phenoxy) is 1. The number of hydrogen-bond acceptors (Lipinski definition) is 5. The molecule has 51 heavy (non-hydrogen) atoms. The van der Waals surface area contributed by atoms with Crippen LogP contribution in [-0.4, -0.2) is 42.4 Å². The molecule has 0 aliphatic heterocycles. The van der Waals surface area contributed by atoms with E-state index in [1.54, 1.807) is 24.3 Å². The lowest BCUT2D eigenvalue weighted by Gasteiger charge is -2.25. The lowest BCUT2D eigenvalue weighted by molar-refractivity contribution is -0.826. The summed E-state index contributed by atoms with van der Waals surface area (Å²) < 4.78 is 38.3. The number of carbonyl (C=O) groups is 1. The molecule has 0 saturated heterocycles. The van der Waals surface area contributed by atoms with Gasteiger partial charge in [-0.1, -0.05) is 84.4 Å². The molecule has 9 nitrogen and oxygen atoms in total. The summed E-state index contributed by atoms with van der Waals surface area (Å²) in [5.74, 6) is -0.689. The molecule has 0 radical (unpaired) electrons. The third kappa shape index (κ3) is 8.22. The molecule has 1 aromatic heterocycles. The summed E-state index contributed by atoms with van der Waals surface area (Å²) in [6.45, 7) is 4.38. The minimum absolute atomic E-state index is 0.155. The second-order valence-electron chi connectivity index (χ2n) is 12.6. The molecule has 10 heteroatoms. The van der Waals surface area contributed by atoms with E-state index in [1.807, 2.05) is 49.4 Å². The smallest absolute Gasteiger partial charge is 0.335 e. The van der Waals surface area contributed by atoms with E-state index in [9.17, 15) is 23.5 Å². The van der Waals surface area contributed by atoms with Gasteiger partial charge in [0.2, 0.25) is 10.0 Å². The maximum absolute atomic E-state index is 13.5. The van der Waals surface area contributed by atoms with Crippen molar-refractivity contribution in [3.63, 3.8) is 0 Å². The highest BCUT2D eigenvalue weighted by molar-refractivity contribution is 7.88. The minimum Gasteiger partial charge on any atom is -0.493 e. The van der Waals surface area contributed by atoms with Crippen molar-refractivity contribution in [1.29, 1.82) is 0 Å². The zero-order chi connectivity index (χ0) is 36.0. The second-order valence-corrected chi connectivity index (χ2v) is 14.4. The van der Waals surface area contributed by atoms with Gasteiger partial charge in [0, 0.05) is 47.6 Å². The molecule has 262 valence electrons. The van der Waals surface area contributed by atoms with Crippen molar-refractivity contribution >= 4 is 32.6 Å². The van der Waals surface area contributed by atoms with Crippen LogP contribution in [0.15, 0.2) is 121 Å². The van der Waals surface area contributed by atoms with Crippen molar-refractivity contribution in [3.05, 3.63) is 166 Å². The van der Waals surface area contributed by atoms with Crippen molar-refractivity contribution < 1.29 is 33.7 Å². The van der Waals surface area contributed by atoms with Gasteiger partial charge in [0.1, 0.15) is 5.75 Å². The molecule has 0 atom stereocenters. The van der Waals surface area contributed by atoms with Gasteiger partial charge in [-0.3, -0.25) is 0 Å². The lowest BCUT2D eigenvalue weighted by atomic mass is 9.97. The first kappa shape index (κ1) is 35.6. The van der Waals surface area contributed by atoms with Gasteiger partial charge in [0.25, 0.3) is 0 Å². The van der Waals surface area contributed by atoms with Crippen LogP contribution in [0.2, 0.25) is 0 Å². The molecule has 0 saturated carbocycles. The Morgan fingerprint density at radius 1 is 0.824 bits per heavy atom. The Balaban J connectivity index is 1.40. The average molecular weight is 705 g/mol. The highest BCUT2D eigenvalue weighted by Gasteiger charge is 2.26. The Morgan fingerprint density at radius 2 is 1.49 bits per heavy atom. The number of hydrogen-bond donors (Lipinski definition) is 4. The number of benzene rings is 5. The number of aryl methyl sites for hydroxylation is 2. The number of nitrogens with two attached hydrogens (primary N) is 1. The number of fused-ring (bicyclic) bond motifs is 1. The number of quaternary nitrogens is 1. The molecule has 0 fully saturated rings. The molecule has 0 bridgehead atoms. The van der Waals surface area contributed by atoms with Gasteiger partial charge in [-0.15, -0.1) is 0 Å². The molecular weight excluding hydrogens is 663 g/mol. The van der Waals surface area contributed by atoms with Crippen LogP contribution in [0.4, 0.5) is 5.69 Å². The van der Waals surface area contributed by atoms with Gasteiger partial charge in [-0.2, -0.15) is 5.48 Å². The van der Waals surface area contributed by atoms with Crippen LogP contribution in [-0.2, 0) is 28.6 Å². The molecule has 1 heterocycles. The Kier molecular flexibility index (Phi) is 11.0. The molecule has 0 aliphatic carbocycles. The number of carboxylic acids is 1. The topological polar surface area (TPSA) is 134 Å². The van der Waals surface area contributed by atoms with E-state index >= 15 is 0 Å². The summed E-state index contributed by atoms with van der Waals surface area (Å²) in [6, 6.07) is 38.5. The van der Waals surface area contributed by atoms with Gasteiger partial charge < -0.3 is 14.4 Å². The number of aromatic nitrogens is 1. The maximum atomic E-state index is 13.5. The number of carboxylic acid groups (broad SMARTS) is 1. The molecule has 5 aromatic carbocycles.